The molecule has 8 N–H and O–H groups in total. The van der Waals surface area contributed by atoms with Crippen molar-refractivity contribution in [1.29, 1.82) is 0 Å². The number of nitrogens with one attached hydrogen (secondary N) is 1. The van der Waals surface area contributed by atoms with E-state index in [0.29, 0.717) is 19.3 Å². The van der Waals surface area contributed by atoms with Gasteiger partial charge in [-0.1, -0.05) is 282 Å². The normalized spacial score (nSPS) is 19.9. The van der Waals surface area contributed by atoms with Crippen LogP contribution in [0, 0.1) is 0 Å². The Morgan fingerprint density at radius 3 is 1.20 bits per heavy atom. The Balaban J connectivity index is 2.12. The maximum atomic E-state index is 13.2. The Morgan fingerprint density at radius 1 is 0.473 bits per heavy atom. The lowest BCUT2D eigenvalue weighted by Crippen LogP contribution is -2.60. The first-order chi connectivity index (χ1) is 36.2. The van der Waals surface area contributed by atoms with E-state index in [1.807, 2.05) is 0 Å². The third kappa shape index (κ3) is 39.9. The molecular weight excluding hydrogens is 931 g/mol. The van der Waals surface area contributed by atoms with Crippen molar-refractivity contribution in [2.75, 3.05) is 13.2 Å². The molecule has 0 radical (unpaired) electrons. The van der Waals surface area contributed by atoms with Gasteiger partial charge in [0.2, 0.25) is 5.91 Å². The van der Waals surface area contributed by atoms with Gasteiger partial charge >= 0.3 is 0 Å². The van der Waals surface area contributed by atoms with Gasteiger partial charge in [-0.25, -0.2) is 0 Å². The minimum absolute atomic E-state index is 0.262. The second kappa shape index (κ2) is 52.3. The van der Waals surface area contributed by atoms with Gasteiger partial charge in [0.15, 0.2) is 6.29 Å². The standard InChI is InChI=1S/C63H121NO10/c1-3-5-7-9-11-13-15-16-17-18-19-20-21-22-23-24-25-26-27-28-29-30-31-32-33-34-35-36-37-38-39-41-43-45-47-49-51-56(67)62(72)64-54(53-73-63-61(71)60(70)59(69)57(52-65)74-63)58(68)55(66)50-48-46-44-42-40-14-12-10-8-6-4-2/h23-24,26-27,54-61,63,65-71H,3-22,25,28-53H2,1-2H3,(H,64,72)/b24-23-,27-26-. The van der Waals surface area contributed by atoms with Gasteiger partial charge in [-0.05, 0) is 44.9 Å². The van der Waals surface area contributed by atoms with Crippen LogP contribution in [-0.2, 0) is 14.3 Å². The summed E-state index contributed by atoms with van der Waals surface area (Å²) in [6.45, 7) is 3.46. The monoisotopic (exact) mass is 1050 g/mol. The highest BCUT2D eigenvalue weighted by atomic mass is 16.7. The van der Waals surface area contributed by atoms with Gasteiger partial charge in [0.1, 0.15) is 36.6 Å². The smallest absolute Gasteiger partial charge is 0.249 e. The van der Waals surface area contributed by atoms with E-state index >= 15 is 0 Å². The molecule has 1 saturated heterocycles. The number of aliphatic hydroxyl groups excluding tert-OH is 7. The predicted molar refractivity (Wildman–Crippen MR) is 307 cm³/mol. The van der Waals surface area contributed by atoms with Gasteiger partial charge in [0, 0.05) is 0 Å². The van der Waals surface area contributed by atoms with Crippen LogP contribution < -0.4 is 5.32 Å². The SMILES string of the molecule is CCCCCCCCCCCCCCC/C=C\C/C=C\CCCCCCCCCCCCCCCCCCC(O)C(=O)NC(COC1OC(CO)C(O)C(O)C1O)C(O)C(O)CCCCCCCCCCCCC. The third-order valence-electron chi connectivity index (χ3n) is 15.5. The van der Waals surface area contributed by atoms with Gasteiger partial charge in [-0.15, -0.1) is 0 Å². The minimum atomic E-state index is -1.66. The molecule has 11 nitrogen and oxygen atoms in total. The largest absolute Gasteiger partial charge is 0.394 e. The average molecular weight is 1050 g/mol. The van der Waals surface area contributed by atoms with Gasteiger partial charge in [-0.2, -0.15) is 0 Å². The summed E-state index contributed by atoms with van der Waals surface area (Å²) in [5.74, 6) is -0.694. The van der Waals surface area contributed by atoms with Crippen LogP contribution in [-0.4, -0.2) is 110 Å². The summed E-state index contributed by atoms with van der Waals surface area (Å²) in [6.07, 6.45) is 52.8. The fraction of sp³-hybridized carbons (Fsp3) is 0.921. The predicted octanol–water partition coefficient (Wildman–Crippen LogP) is 14.1. The Kier molecular flexibility index (Phi) is 49.9. The van der Waals surface area contributed by atoms with E-state index in [-0.39, 0.29) is 6.42 Å². The molecule has 1 aliphatic heterocycles. The summed E-state index contributed by atoms with van der Waals surface area (Å²) in [5, 5.41) is 76.0. The zero-order chi connectivity index (χ0) is 54.0. The van der Waals surface area contributed by atoms with E-state index in [4.69, 9.17) is 9.47 Å². The molecule has 1 heterocycles. The summed E-state index contributed by atoms with van der Waals surface area (Å²) in [4.78, 5) is 13.2. The van der Waals surface area contributed by atoms with Crippen molar-refractivity contribution in [1.82, 2.24) is 5.32 Å². The lowest BCUT2D eigenvalue weighted by Gasteiger charge is -2.40. The maximum Gasteiger partial charge on any atom is 0.249 e. The number of carbonyl (C=O) groups is 1. The van der Waals surface area contributed by atoms with Crippen LogP contribution in [0.25, 0.3) is 0 Å². The quantitative estimate of drug-likeness (QED) is 0.0215. The summed E-state index contributed by atoms with van der Waals surface area (Å²) in [6, 6.07) is -1.17. The number of hydrogen-bond acceptors (Lipinski definition) is 10. The molecule has 1 aliphatic rings. The molecule has 9 unspecified atom stereocenters. The lowest BCUT2D eigenvalue weighted by atomic mass is 9.98. The maximum absolute atomic E-state index is 13.2. The first-order valence-corrected chi connectivity index (χ1v) is 31.7. The van der Waals surface area contributed by atoms with Crippen LogP contribution in [0.5, 0.6) is 0 Å². The number of carbonyl (C=O) groups excluding carboxylic acids is 1. The van der Waals surface area contributed by atoms with Crippen molar-refractivity contribution < 1.29 is 50.0 Å². The summed E-state index contributed by atoms with van der Waals surface area (Å²) >= 11 is 0. The molecule has 0 bridgehead atoms. The molecular formula is C63H121NO10. The Morgan fingerprint density at radius 2 is 0.824 bits per heavy atom. The van der Waals surface area contributed by atoms with Crippen molar-refractivity contribution in [2.24, 2.45) is 0 Å². The van der Waals surface area contributed by atoms with Crippen LogP contribution >= 0.6 is 0 Å². The molecule has 9 atom stereocenters. The second-order valence-corrected chi connectivity index (χ2v) is 22.5. The molecule has 0 aromatic rings. The number of hydrogen-bond donors (Lipinski definition) is 8. The fourth-order valence-electron chi connectivity index (χ4n) is 10.4. The number of aliphatic hydroxyl groups is 7. The van der Waals surface area contributed by atoms with E-state index in [1.54, 1.807) is 0 Å². The summed E-state index contributed by atoms with van der Waals surface area (Å²) < 4.78 is 11.1. The van der Waals surface area contributed by atoms with Gasteiger partial charge < -0.3 is 50.5 Å². The van der Waals surface area contributed by atoms with Crippen molar-refractivity contribution >= 4 is 5.91 Å². The molecule has 11 heteroatoms. The zero-order valence-electron chi connectivity index (χ0n) is 48.1. The lowest BCUT2D eigenvalue weighted by molar-refractivity contribution is -0.303. The number of allylic oxidation sites excluding steroid dienone is 4. The Bertz CT molecular complexity index is 1250. The molecule has 0 aliphatic carbocycles. The van der Waals surface area contributed by atoms with E-state index in [0.717, 1.165) is 44.9 Å². The molecule has 1 amide bonds. The van der Waals surface area contributed by atoms with Crippen molar-refractivity contribution in [3.05, 3.63) is 24.3 Å². The molecule has 1 rings (SSSR count). The highest BCUT2D eigenvalue weighted by molar-refractivity contribution is 5.80. The van der Waals surface area contributed by atoms with E-state index in [9.17, 15) is 40.5 Å². The van der Waals surface area contributed by atoms with Crippen molar-refractivity contribution in [3.63, 3.8) is 0 Å². The van der Waals surface area contributed by atoms with Crippen LogP contribution in [0.4, 0.5) is 0 Å². The Hall–Kier alpha value is -1.41. The van der Waals surface area contributed by atoms with Crippen LogP contribution in [0.3, 0.4) is 0 Å². The Labute approximate surface area is 454 Å². The fourth-order valence-corrected chi connectivity index (χ4v) is 10.4. The van der Waals surface area contributed by atoms with Crippen LogP contribution in [0.2, 0.25) is 0 Å². The van der Waals surface area contributed by atoms with E-state index in [2.05, 4.69) is 43.5 Å². The highest BCUT2D eigenvalue weighted by Gasteiger charge is 2.44. The topological polar surface area (TPSA) is 189 Å². The zero-order valence-corrected chi connectivity index (χ0v) is 48.1. The molecule has 0 spiro atoms. The van der Waals surface area contributed by atoms with Gasteiger partial charge in [-0.3, -0.25) is 4.79 Å². The summed E-state index contributed by atoms with van der Waals surface area (Å²) in [7, 11) is 0. The molecule has 438 valence electrons. The molecule has 0 saturated carbocycles. The summed E-state index contributed by atoms with van der Waals surface area (Å²) in [5.41, 5.74) is 0. The first kappa shape index (κ1) is 70.6. The minimum Gasteiger partial charge on any atom is -0.394 e. The first-order valence-electron chi connectivity index (χ1n) is 31.7. The van der Waals surface area contributed by atoms with E-state index < -0.39 is 74.2 Å². The molecule has 1 fully saturated rings. The number of unbranched alkanes of at least 4 members (excludes halogenated alkanes) is 39. The van der Waals surface area contributed by atoms with Gasteiger partial charge in [0.25, 0.3) is 0 Å². The average Bonchev–Trinajstić information content (AvgIpc) is 3.40. The third-order valence-corrected chi connectivity index (χ3v) is 15.5. The van der Waals surface area contributed by atoms with Crippen molar-refractivity contribution in [2.45, 2.75) is 358 Å². The molecule has 0 aromatic carbocycles. The number of ether oxygens (including phenoxy) is 2. The van der Waals surface area contributed by atoms with E-state index in [1.165, 1.54) is 218 Å². The van der Waals surface area contributed by atoms with Crippen LogP contribution in [0.1, 0.15) is 303 Å². The van der Waals surface area contributed by atoms with Gasteiger partial charge in [0.05, 0.1) is 25.4 Å². The second-order valence-electron chi connectivity index (χ2n) is 22.5. The number of rotatable bonds is 55. The molecule has 0 aromatic heterocycles. The van der Waals surface area contributed by atoms with Crippen LogP contribution in [0.15, 0.2) is 24.3 Å². The number of amides is 1. The van der Waals surface area contributed by atoms with Crippen molar-refractivity contribution in [3.8, 4) is 0 Å². The molecule has 74 heavy (non-hydrogen) atoms. The highest BCUT2D eigenvalue weighted by Crippen LogP contribution is 2.24.